The van der Waals surface area contributed by atoms with Gasteiger partial charge < -0.3 is 10.4 Å². The molecule has 4 fully saturated rings. The summed E-state index contributed by atoms with van der Waals surface area (Å²) in [5, 5.41) is 13.4. The first-order valence-electron chi connectivity index (χ1n) is 9.89. The highest BCUT2D eigenvalue weighted by Crippen LogP contribution is 2.63. The van der Waals surface area contributed by atoms with Gasteiger partial charge in [-0.1, -0.05) is 23.7 Å². The molecule has 0 aliphatic heterocycles. The van der Waals surface area contributed by atoms with Gasteiger partial charge in [-0.15, -0.1) is 0 Å². The molecular formula is C23H24ClNO2. The number of halogens is 1. The van der Waals surface area contributed by atoms with Gasteiger partial charge >= 0.3 is 0 Å². The van der Waals surface area contributed by atoms with Gasteiger partial charge in [0.15, 0.2) is 0 Å². The number of phenols is 1. The summed E-state index contributed by atoms with van der Waals surface area (Å²) in [4.78, 5) is 13.4. The third-order valence-corrected chi connectivity index (χ3v) is 7.40. The molecular weight excluding hydrogens is 358 g/mol. The average molecular weight is 382 g/mol. The number of hydrogen-bond acceptors (Lipinski definition) is 2. The van der Waals surface area contributed by atoms with Gasteiger partial charge in [-0.3, -0.25) is 4.79 Å². The van der Waals surface area contributed by atoms with E-state index in [4.69, 9.17) is 11.6 Å². The van der Waals surface area contributed by atoms with Crippen LogP contribution in [0.2, 0.25) is 5.02 Å². The van der Waals surface area contributed by atoms with Crippen molar-refractivity contribution in [3.8, 4) is 5.75 Å². The van der Waals surface area contributed by atoms with Crippen LogP contribution in [0.15, 0.2) is 48.5 Å². The van der Waals surface area contributed by atoms with E-state index < -0.39 is 0 Å². The molecule has 4 saturated carbocycles. The van der Waals surface area contributed by atoms with Crippen LogP contribution in [0, 0.1) is 23.7 Å². The smallest absolute Gasteiger partial charge is 0.228 e. The number of carbonyl (C=O) groups is 1. The summed E-state index contributed by atoms with van der Waals surface area (Å²) in [5.74, 6) is 2.29. The van der Waals surface area contributed by atoms with Gasteiger partial charge in [-0.2, -0.15) is 0 Å². The van der Waals surface area contributed by atoms with E-state index in [1.54, 1.807) is 24.3 Å². The highest BCUT2D eigenvalue weighted by atomic mass is 35.5. The van der Waals surface area contributed by atoms with Crippen molar-refractivity contribution >= 4 is 23.2 Å². The molecule has 6 rings (SSSR count). The first kappa shape index (κ1) is 17.1. The van der Waals surface area contributed by atoms with Gasteiger partial charge in [0.2, 0.25) is 5.91 Å². The van der Waals surface area contributed by atoms with Gasteiger partial charge in [0.1, 0.15) is 5.75 Å². The molecule has 2 aromatic rings. The number of carbonyl (C=O) groups excluding carboxylic acids is 1. The van der Waals surface area contributed by atoms with E-state index in [2.05, 4.69) is 17.4 Å². The maximum atomic E-state index is 13.4. The summed E-state index contributed by atoms with van der Waals surface area (Å²) < 4.78 is 0. The molecule has 2 N–H and O–H groups in total. The van der Waals surface area contributed by atoms with E-state index in [0.29, 0.717) is 5.92 Å². The molecule has 3 nitrogen and oxygen atoms in total. The minimum absolute atomic E-state index is 0.000258. The number of aromatic hydroxyl groups is 1. The van der Waals surface area contributed by atoms with Crippen molar-refractivity contribution in [2.45, 2.75) is 37.5 Å². The van der Waals surface area contributed by atoms with E-state index in [1.165, 1.54) is 24.8 Å². The predicted octanol–water partition coefficient (Wildman–Crippen LogP) is 5.38. The lowest BCUT2D eigenvalue weighted by Gasteiger charge is -2.60. The number of benzene rings is 2. The van der Waals surface area contributed by atoms with Crippen molar-refractivity contribution in [2.75, 3.05) is 5.32 Å². The molecule has 4 aliphatic carbocycles. The fourth-order valence-corrected chi connectivity index (χ4v) is 6.59. The number of phenolic OH excluding ortho intramolecular Hbond substituents is 1. The largest absolute Gasteiger partial charge is 0.508 e. The summed E-state index contributed by atoms with van der Waals surface area (Å²) in [5.41, 5.74) is 1.95. The Morgan fingerprint density at radius 1 is 0.963 bits per heavy atom. The lowest BCUT2D eigenvalue weighted by molar-refractivity contribution is -0.136. The first-order chi connectivity index (χ1) is 13.0. The molecule has 4 heteroatoms. The van der Waals surface area contributed by atoms with Crippen molar-refractivity contribution in [1.82, 2.24) is 0 Å². The normalized spacial score (nSPS) is 33.8. The maximum Gasteiger partial charge on any atom is 0.228 e. The van der Waals surface area contributed by atoms with Gasteiger partial charge in [0.25, 0.3) is 0 Å². The Morgan fingerprint density at radius 3 is 2.22 bits per heavy atom. The molecule has 27 heavy (non-hydrogen) atoms. The number of nitrogens with one attached hydrogen (secondary N) is 1. The minimum Gasteiger partial charge on any atom is -0.508 e. The number of rotatable bonds is 3. The Hall–Kier alpha value is -2.00. The Bertz CT molecular complexity index is 847. The van der Waals surface area contributed by atoms with E-state index in [1.807, 2.05) is 12.1 Å². The molecule has 0 spiro atoms. The Labute approximate surface area is 164 Å². The number of hydrogen-bond donors (Lipinski definition) is 2. The zero-order chi connectivity index (χ0) is 18.6. The van der Waals surface area contributed by atoms with Crippen molar-refractivity contribution in [2.24, 2.45) is 23.7 Å². The standard InChI is InChI=1S/C23H24ClNO2/c24-18-3-1-17(2-4-18)23-12-14-9-15(13-23)11-16(10-14)21(23)22(27)25-19-5-7-20(26)8-6-19/h1-8,14-16,21,26H,9-13H2,(H,25,27). The zero-order valence-corrected chi connectivity index (χ0v) is 16.0. The highest BCUT2D eigenvalue weighted by Gasteiger charge is 2.59. The van der Waals surface area contributed by atoms with E-state index in [-0.39, 0.29) is 23.0 Å². The first-order valence-corrected chi connectivity index (χ1v) is 10.3. The summed E-state index contributed by atoms with van der Waals surface area (Å²) in [6, 6.07) is 14.9. The van der Waals surface area contributed by atoms with E-state index >= 15 is 0 Å². The maximum absolute atomic E-state index is 13.4. The van der Waals surface area contributed by atoms with E-state index in [9.17, 15) is 9.90 Å². The quantitative estimate of drug-likeness (QED) is 0.701. The van der Waals surface area contributed by atoms with Crippen molar-refractivity contribution in [1.29, 1.82) is 0 Å². The Balaban J connectivity index is 1.51. The van der Waals surface area contributed by atoms with Crippen LogP contribution in [-0.2, 0) is 10.2 Å². The van der Waals surface area contributed by atoms with Crippen LogP contribution < -0.4 is 5.32 Å². The summed E-state index contributed by atoms with van der Waals surface area (Å²) in [6.45, 7) is 0. The number of amides is 1. The van der Waals surface area contributed by atoms with Gasteiger partial charge in [0.05, 0.1) is 5.92 Å². The summed E-state index contributed by atoms with van der Waals surface area (Å²) in [7, 11) is 0. The van der Waals surface area contributed by atoms with Crippen LogP contribution in [0.5, 0.6) is 5.75 Å². The van der Waals surface area contributed by atoms with Crippen molar-refractivity contribution in [3.05, 3.63) is 59.1 Å². The molecule has 3 atom stereocenters. The Kier molecular flexibility index (Phi) is 3.98. The molecule has 0 saturated heterocycles. The molecule has 4 aliphatic rings. The fraction of sp³-hybridized carbons (Fsp3) is 0.435. The third-order valence-electron chi connectivity index (χ3n) is 7.15. The van der Waals surface area contributed by atoms with Crippen LogP contribution in [0.4, 0.5) is 5.69 Å². The van der Waals surface area contributed by atoms with Crippen LogP contribution >= 0.6 is 11.6 Å². The molecule has 2 aromatic carbocycles. The van der Waals surface area contributed by atoms with Gasteiger partial charge in [-0.05, 0) is 91.8 Å². The fourth-order valence-electron chi connectivity index (χ4n) is 6.47. The summed E-state index contributed by atoms with van der Waals surface area (Å²) >= 11 is 6.14. The van der Waals surface area contributed by atoms with Crippen LogP contribution in [-0.4, -0.2) is 11.0 Å². The van der Waals surface area contributed by atoms with Gasteiger partial charge in [-0.25, -0.2) is 0 Å². The SMILES string of the molecule is O=C(Nc1ccc(O)cc1)C1C2CC3CC(C2)CC1(c1ccc(Cl)cc1)C3. The minimum atomic E-state index is -0.0691. The zero-order valence-electron chi connectivity index (χ0n) is 15.2. The average Bonchev–Trinajstić information content (AvgIpc) is 2.63. The molecule has 1 amide bonds. The van der Waals surface area contributed by atoms with Crippen LogP contribution in [0.25, 0.3) is 0 Å². The summed E-state index contributed by atoms with van der Waals surface area (Å²) in [6.07, 6.45) is 5.90. The molecule has 0 heterocycles. The second-order valence-electron chi connectivity index (χ2n) is 8.78. The third kappa shape index (κ3) is 2.84. The molecule has 3 unspecified atom stereocenters. The highest BCUT2D eigenvalue weighted by molar-refractivity contribution is 6.30. The lowest BCUT2D eigenvalue weighted by Crippen LogP contribution is -2.58. The van der Waals surface area contributed by atoms with Crippen molar-refractivity contribution < 1.29 is 9.90 Å². The van der Waals surface area contributed by atoms with Crippen LogP contribution in [0.1, 0.15) is 37.7 Å². The second kappa shape index (κ2) is 6.27. The molecule has 4 bridgehead atoms. The lowest BCUT2D eigenvalue weighted by atomic mass is 9.43. The van der Waals surface area contributed by atoms with E-state index in [0.717, 1.165) is 35.4 Å². The van der Waals surface area contributed by atoms with Crippen molar-refractivity contribution in [3.63, 3.8) is 0 Å². The van der Waals surface area contributed by atoms with Crippen LogP contribution in [0.3, 0.4) is 0 Å². The topological polar surface area (TPSA) is 49.3 Å². The number of anilines is 1. The molecule has 0 radical (unpaired) electrons. The predicted molar refractivity (Wildman–Crippen MR) is 107 cm³/mol. The Morgan fingerprint density at radius 2 is 1.59 bits per heavy atom. The molecule has 0 aromatic heterocycles. The van der Waals surface area contributed by atoms with Gasteiger partial charge in [0, 0.05) is 16.1 Å². The molecule has 140 valence electrons. The monoisotopic (exact) mass is 381 g/mol. The second-order valence-corrected chi connectivity index (χ2v) is 9.22.